The summed E-state index contributed by atoms with van der Waals surface area (Å²) in [7, 11) is 3.62. The molecule has 5 rings (SSSR count). The summed E-state index contributed by atoms with van der Waals surface area (Å²) in [5.74, 6) is 0.274. The zero-order valence-electron chi connectivity index (χ0n) is 26.9. The van der Waals surface area contributed by atoms with Crippen molar-refractivity contribution >= 4 is 5.78 Å². The van der Waals surface area contributed by atoms with Gasteiger partial charge in [-0.15, -0.1) is 0 Å². The van der Waals surface area contributed by atoms with Gasteiger partial charge in [0.05, 0.1) is 30.0 Å². The summed E-state index contributed by atoms with van der Waals surface area (Å²) in [5.41, 5.74) is -2.61. The highest BCUT2D eigenvalue weighted by molar-refractivity contribution is 5.95. The number of allylic oxidation sites excluding steroid dienone is 1. The van der Waals surface area contributed by atoms with E-state index in [-0.39, 0.29) is 41.0 Å². The molecule has 0 aromatic carbocycles. The van der Waals surface area contributed by atoms with E-state index in [2.05, 4.69) is 26.1 Å². The number of rotatable bonds is 11. The van der Waals surface area contributed by atoms with Crippen LogP contribution in [-0.2, 0) is 19.0 Å². The summed E-state index contributed by atoms with van der Waals surface area (Å²) in [5, 5.41) is 39.7. The summed E-state index contributed by atoms with van der Waals surface area (Å²) in [6.07, 6.45) is 7.34. The molecule has 8 nitrogen and oxygen atoms in total. The van der Waals surface area contributed by atoms with Gasteiger partial charge < -0.3 is 34.8 Å². The molecule has 0 amide bonds. The maximum Gasteiger partial charge on any atom is 0.159 e. The number of fused-ring (bicyclic) bond motifs is 5. The van der Waals surface area contributed by atoms with Gasteiger partial charge in [-0.25, -0.2) is 0 Å². The Morgan fingerprint density at radius 2 is 1.93 bits per heavy atom. The lowest BCUT2D eigenvalue weighted by Gasteiger charge is -2.60. The zero-order valence-corrected chi connectivity index (χ0v) is 26.9. The van der Waals surface area contributed by atoms with Crippen molar-refractivity contribution in [2.75, 3.05) is 40.5 Å². The van der Waals surface area contributed by atoms with Gasteiger partial charge in [-0.1, -0.05) is 20.8 Å². The van der Waals surface area contributed by atoms with Gasteiger partial charge in [0.25, 0.3) is 0 Å². The predicted molar refractivity (Wildman–Crippen MR) is 161 cm³/mol. The molecule has 5 aliphatic rings. The first-order valence-corrected chi connectivity index (χ1v) is 16.6. The molecule has 4 N–H and O–H groups in total. The number of carbonyl (C=O) groups excluding carboxylic acids is 1. The molecule has 0 aromatic heterocycles. The number of carbonyl (C=O) groups is 1. The van der Waals surface area contributed by atoms with E-state index >= 15 is 0 Å². The van der Waals surface area contributed by atoms with Crippen LogP contribution in [0.25, 0.3) is 0 Å². The average molecular weight is 592 g/mol. The molecule has 0 spiro atoms. The van der Waals surface area contributed by atoms with Gasteiger partial charge in [-0.3, -0.25) is 4.79 Å². The van der Waals surface area contributed by atoms with Crippen molar-refractivity contribution < 1.29 is 34.3 Å². The van der Waals surface area contributed by atoms with Crippen LogP contribution in [0.15, 0.2) is 11.6 Å². The average Bonchev–Trinajstić information content (AvgIpc) is 3.46. The minimum absolute atomic E-state index is 0.0840. The Balaban J connectivity index is 1.37. The Morgan fingerprint density at radius 1 is 1.17 bits per heavy atom. The minimum Gasteiger partial charge on any atom is -0.387 e. The molecule has 1 saturated heterocycles. The SMILES string of the molecule is CNCC[C@H]1[C@@H]([C@@H](O)[C@@](C)(O)[C@H]2CC[C@@]3(O)C4=CC(=O)[C@@H]5C[C@@H](OCCCOC)CC[C@]5(C)[C@H]4CC[C@]23C)OC[C@@H]1C. The molecular formula is C34H57NO7. The third kappa shape index (κ3) is 5.15. The first-order valence-electron chi connectivity index (χ1n) is 16.6. The highest BCUT2D eigenvalue weighted by Gasteiger charge is 2.69. The number of methoxy groups -OCH3 is 1. The van der Waals surface area contributed by atoms with Crippen LogP contribution in [0.4, 0.5) is 0 Å². The Hall–Kier alpha value is -0.870. The van der Waals surface area contributed by atoms with Crippen LogP contribution in [0.1, 0.15) is 85.5 Å². The first-order chi connectivity index (χ1) is 19.8. The zero-order chi connectivity index (χ0) is 30.5. The lowest BCUT2D eigenvalue weighted by Crippen LogP contribution is -2.63. The lowest BCUT2D eigenvalue weighted by molar-refractivity contribution is -0.194. The van der Waals surface area contributed by atoms with Gasteiger partial charge in [0, 0.05) is 31.7 Å². The summed E-state index contributed by atoms with van der Waals surface area (Å²) >= 11 is 0. The van der Waals surface area contributed by atoms with Crippen LogP contribution in [0.3, 0.4) is 0 Å². The number of ether oxygens (including phenoxy) is 3. The molecule has 4 aliphatic carbocycles. The van der Waals surface area contributed by atoms with Crippen LogP contribution in [0, 0.1) is 40.4 Å². The number of nitrogens with one attached hydrogen (secondary N) is 1. The van der Waals surface area contributed by atoms with Gasteiger partial charge >= 0.3 is 0 Å². The third-order valence-corrected chi connectivity index (χ3v) is 12.9. The number of hydrogen-bond acceptors (Lipinski definition) is 8. The predicted octanol–water partition coefficient (Wildman–Crippen LogP) is 3.65. The molecule has 8 heteroatoms. The molecule has 0 aromatic rings. The van der Waals surface area contributed by atoms with Crippen molar-refractivity contribution in [1.82, 2.24) is 5.32 Å². The van der Waals surface area contributed by atoms with E-state index in [1.807, 2.05) is 7.05 Å². The minimum atomic E-state index is -1.44. The summed E-state index contributed by atoms with van der Waals surface area (Å²) in [6, 6.07) is 0. The Bertz CT molecular complexity index is 1020. The van der Waals surface area contributed by atoms with Crippen molar-refractivity contribution in [2.45, 2.75) is 115 Å². The molecule has 0 unspecified atom stereocenters. The number of hydrogen-bond donors (Lipinski definition) is 4. The largest absolute Gasteiger partial charge is 0.387 e. The first kappa shape index (κ1) is 32.5. The van der Waals surface area contributed by atoms with Crippen LogP contribution < -0.4 is 5.32 Å². The third-order valence-electron chi connectivity index (χ3n) is 12.9. The number of aliphatic hydroxyl groups is 3. The van der Waals surface area contributed by atoms with Crippen molar-refractivity contribution in [3.05, 3.63) is 11.6 Å². The Kier molecular flexibility index (Phi) is 9.40. The quantitative estimate of drug-likeness (QED) is 0.269. The lowest BCUT2D eigenvalue weighted by atomic mass is 9.46. The van der Waals surface area contributed by atoms with Crippen LogP contribution in [0.5, 0.6) is 0 Å². The fourth-order valence-corrected chi connectivity index (χ4v) is 10.3. The molecular weight excluding hydrogens is 534 g/mol. The summed E-state index contributed by atoms with van der Waals surface area (Å²) < 4.78 is 17.4. The van der Waals surface area contributed by atoms with E-state index in [0.717, 1.165) is 57.1 Å². The summed E-state index contributed by atoms with van der Waals surface area (Å²) in [6.45, 7) is 11.0. The maximum absolute atomic E-state index is 13.8. The molecule has 240 valence electrons. The second kappa shape index (κ2) is 12.1. The van der Waals surface area contributed by atoms with E-state index < -0.39 is 28.8 Å². The molecule has 0 radical (unpaired) electrons. The van der Waals surface area contributed by atoms with Gasteiger partial charge in [0.1, 0.15) is 6.10 Å². The van der Waals surface area contributed by atoms with E-state index in [9.17, 15) is 20.1 Å². The monoisotopic (exact) mass is 591 g/mol. The van der Waals surface area contributed by atoms with Crippen molar-refractivity contribution in [3.8, 4) is 0 Å². The Labute approximate surface area is 252 Å². The molecule has 1 heterocycles. The second-order valence-corrected chi connectivity index (χ2v) is 15.1. The number of ketones is 1. The van der Waals surface area contributed by atoms with Gasteiger partial charge in [-0.05, 0) is 119 Å². The maximum atomic E-state index is 13.8. The molecule has 1 aliphatic heterocycles. The van der Waals surface area contributed by atoms with E-state index in [0.29, 0.717) is 38.6 Å². The molecule has 3 saturated carbocycles. The van der Waals surface area contributed by atoms with Crippen molar-refractivity contribution in [3.63, 3.8) is 0 Å². The van der Waals surface area contributed by atoms with Gasteiger partial charge in [-0.2, -0.15) is 0 Å². The molecule has 4 fully saturated rings. The normalized spacial score (nSPS) is 45.5. The highest BCUT2D eigenvalue weighted by Crippen LogP contribution is 2.68. The van der Waals surface area contributed by atoms with Gasteiger partial charge in [0.15, 0.2) is 5.78 Å². The van der Waals surface area contributed by atoms with Gasteiger partial charge in [0.2, 0.25) is 0 Å². The smallest absolute Gasteiger partial charge is 0.159 e. The van der Waals surface area contributed by atoms with Crippen molar-refractivity contribution in [2.24, 2.45) is 40.4 Å². The standard InChI is InChI=1S/C34H57NO7/c1-21-20-42-29(23(21)11-15-35-5)30(37)33(4,38)28-10-14-34(39)25-19-27(36)26-18-22(41-17-7-16-40-6)8-12-31(26,2)24(25)9-13-32(28,34)3/h19,21-24,26,28-30,35,37-39H,7-18,20H2,1-6H3/t21-,22-,23+,24-,26-,28-,29-,30+,31+,32+,33-,34+/m0/s1. The van der Waals surface area contributed by atoms with Crippen LogP contribution >= 0.6 is 0 Å². The van der Waals surface area contributed by atoms with E-state index in [1.165, 1.54) is 0 Å². The fourth-order valence-electron chi connectivity index (χ4n) is 10.3. The van der Waals surface area contributed by atoms with Crippen molar-refractivity contribution in [1.29, 1.82) is 0 Å². The van der Waals surface area contributed by atoms with Crippen LogP contribution in [-0.4, -0.2) is 91.1 Å². The molecule has 12 atom stereocenters. The van der Waals surface area contributed by atoms with Crippen LogP contribution in [0.2, 0.25) is 0 Å². The fraction of sp³-hybridized carbons (Fsp3) is 0.912. The number of aliphatic hydroxyl groups excluding tert-OH is 1. The Morgan fingerprint density at radius 3 is 2.64 bits per heavy atom. The molecule has 42 heavy (non-hydrogen) atoms. The summed E-state index contributed by atoms with van der Waals surface area (Å²) in [4.78, 5) is 13.8. The highest BCUT2D eigenvalue weighted by atomic mass is 16.5. The topological polar surface area (TPSA) is 117 Å². The second-order valence-electron chi connectivity index (χ2n) is 15.1. The molecule has 0 bridgehead atoms. The van der Waals surface area contributed by atoms with E-state index in [1.54, 1.807) is 20.1 Å². The van der Waals surface area contributed by atoms with E-state index in [4.69, 9.17) is 14.2 Å².